The second kappa shape index (κ2) is 5.26. The zero-order valence-electron chi connectivity index (χ0n) is 8.94. The third kappa shape index (κ3) is 2.80. The average Bonchev–Trinajstić information content (AvgIpc) is 2.38. The molecule has 0 aliphatic heterocycles. The molecular formula is C15H13F. The van der Waals surface area contributed by atoms with Crippen LogP contribution in [0, 0.1) is 0 Å². The van der Waals surface area contributed by atoms with Gasteiger partial charge in [-0.15, -0.1) is 0 Å². The van der Waals surface area contributed by atoms with E-state index in [9.17, 15) is 4.39 Å². The Bertz CT molecular complexity index is 455. The van der Waals surface area contributed by atoms with Crippen LogP contribution in [0.4, 0.5) is 4.39 Å². The summed E-state index contributed by atoms with van der Waals surface area (Å²) in [5.74, 6) is 0. The molecule has 0 bridgehead atoms. The lowest BCUT2D eigenvalue weighted by molar-refractivity contribution is 0.485. The van der Waals surface area contributed by atoms with Crippen LogP contribution in [0.15, 0.2) is 54.6 Å². The van der Waals surface area contributed by atoms with Crippen molar-refractivity contribution in [3.63, 3.8) is 0 Å². The van der Waals surface area contributed by atoms with Gasteiger partial charge in [0.05, 0.1) is 0 Å². The highest BCUT2D eigenvalue weighted by molar-refractivity contribution is 5.69. The van der Waals surface area contributed by atoms with Gasteiger partial charge in [-0.1, -0.05) is 66.7 Å². The first-order valence-electron chi connectivity index (χ1n) is 5.26. The third-order valence-electron chi connectivity index (χ3n) is 2.40. The van der Waals surface area contributed by atoms with E-state index in [1.165, 1.54) is 0 Å². The lowest BCUT2D eigenvalue weighted by Crippen LogP contribution is -1.78. The van der Waals surface area contributed by atoms with Crippen molar-refractivity contribution in [2.45, 2.75) is 6.67 Å². The molecule has 0 spiro atoms. The number of halogens is 1. The maximum Gasteiger partial charge on any atom is 0.115 e. The first-order chi connectivity index (χ1) is 7.88. The van der Waals surface area contributed by atoms with Crippen molar-refractivity contribution in [2.75, 3.05) is 0 Å². The fraction of sp³-hybridized carbons (Fsp3) is 0.0667. The van der Waals surface area contributed by atoms with Crippen LogP contribution in [0.5, 0.6) is 0 Å². The van der Waals surface area contributed by atoms with Crippen molar-refractivity contribution in [3.05, 3.63) is 71.3 Å². The average molecular weight is 212 g/mol. The number of hydrogen-bond acceptors (Lipinski definition) is 0. The van der Waals surface area contributed by atoms with Gasteiger partial charge in [-0.25, -0.2) is 4.39 Å². The van der Waals surface area contributed by atoms with Gasteiger partial charge in [0.1, 0.15) is 6.67 Å². The Balaban J connectivity index is 2.12. The Morgan fingerprint density at radius 2 is 1.31 bits per heavy atom. The Labute approximate surface area is 95.1 Å². The van der Waals surface area contributed by atoms with Gasteiger partial charge in [0, 0.05) is 0 Å². The number of benzene rings is 2. The van der Waals surface area contributed by atoms with Crippen LogP contribution in [0.2, 0.25) is 0 Å². The molecule has 0 atom stereocenters. The molecule has 2 aromatic rings. The van der Waals surface area contributed by atoms with E-state index < -0.39 is 6.67 Å². The van der Waals surface area contributed by atoms with Crippen LogP contribution in [0.3, 0.4) is 0 Å². The normalized spacial score (nSPS) is 10.8. The van der Waals surface area contributed by atoms with Crippen molar-refractivity contribution in [1.82, 2.24) is 0 Å². The van der Waals surface area contributed by atoms with Gasteiger partial charge < -0.3 is 0 Å². The highest BCUT2D eigenvalue weighted by atomic mass is 19.1. The van der Waals surface area contributed by atoms with Crippen molar-refractivity contribution < 1.29 is 4.39 Å². The minimum absolute atomic E-state index is 0.400. The molecule has 0 unspecified atom stereocenters. The molecule has 2 aromatic carbocycles. The fourth-order valence-electron chi connectivity index (χ4n) is 1.47. The molecule has 0 amide bonds. The summed E-state index contributed by atoms with van der Waals surface area (Å²) < 4.78 is 12.3. The molecule has 1 heteroatoms. The molecule has 0 saturated carbocycles. The lowest BCUT2D eigenvalue weighted by Gasteiger charge is -1.96. The first-order valence-corrected chi connectivity index (χ1v) is 5.26. The second-order valence-corrected chi connectivity index (χ2v) is 3.62. The van der Waals surface area contributed by atoms with Crippen LogP contribution < -0.4 is 0 Å². The predicted molar refractivity (Wildman–Crippen MR) is 66.6 cm³/mol. The molecule has 0 nitrogen and oxygen atoms in total. The topological polar surface area (TPSA) is 0 Å². The quantitative estimate of drug-likeness (QED) is 0.664. The molecule has 80 valence electrons. The van der Waals surface area contributed by atoms with E-state index in [2.05, 4.69) is 0 Å². The summed E-state index contributed by atoms with van der Waals surface area (Å²) >= 11 is 0. The lowest BCUT2D eigenvalue weighted by atomic mass is 10.1. The fourth-order valence-corrected chi connectivity index (χ4v) is 1.47. The Kier molecular flexibility index (Phi) is 3.50. The summed E-state index contributed by atoms with van der Waals surface area (Å²) in [6.07, 6.45) is 4.07. The zero-order valence-corrected chi connectivity index (χ0v) is 8.94. The Hall–Kier alpha value is -1.89. The standard InChI is InChI=1S/C15H13F/c16-12-15-10-8-14(9-11-15)7-6-13-4-2-1-3-5-13/h1-11H,12H2/b7-6-. The Morgan fingerprint density at radius 1 is 0.750 bits per heavy atom. The van der Waals surface area contributed by atoms with Gasteiger partial charge in [-0.3, -0.25) is 0 Å². The zero-order chi connectivity index (χ0) is 11.2. The number of rotatable bonds is 3. The molecule has 0 saturated heterocycles. The van der Waals surface area contributed by atoms with E-state index in [-0.39, 0.29) is 0 Å². The number of hydrogen-bond donors (Lipinski definition) is 0. The summed E-state index contributed by atoms with van der Waals surface area (Å²) in [7, 11) is 0. The molecule has 0 heterocycles. The van der Waals surface area contributed by atoms with E-state index in [1.54, 1.807) is 0 Å². The van der Waals surface area contributed by atoms with Crippen molar-refractivity contribution >= 4 is 12.2 Å². The van der Waals surface area contributed by atoms with Crippen molar-refractivity contribution in [3.8, 4) is 0 Å². The second-order valence-electron chi connectivity index (χ2n) is 3.62. The summed E-state index contributed by atoms with van der Waals surface area (Å²) in [6.45, 7) is -0.400. The maximum atomic E-state index is 12.3. The molecule has 2 rings (SSSR count). The molecule has 0 aliphatic rings. The van der Waals surface area contributed by atoms with E-state index >= 15 is 0 Å². The number of alkyl halides is 1. The van der Waals surface area contributed by atoms with Gasteiger partial charge in [-0.2, -0.15) is 0 Å². The van der Waals surface area contributed by atoms with E-state index in [0.29, 0.717) is 0 Å². The third-order valence-corrected chi connectivity index (χ3v) is 2.40. The van der Waals surface area contributed by atoms with E-state index in [1.807, 2.05) is 66.7 Å². The molecule has 0 radical (unpaired) electrons. The minimum Gasteiger partial charge on any atom is -0.246 e. The monoisotopic (exact) mass is 212 g/mol. The first kappa shape index (κ1) is 10.6. The Morgan fingerprint density at radius 3 is 1.88 bits per heavy atom. The van der Waals surface area contributed by atoms with Gasteiger partial charge in [0.25, 0.3) is 0 Å². The van der Waals surface area contributed by atoms with Crippen LogP contribution in [0.1, 0.15) is 16.7 Å². The summed E-state index contributed by atoms with van der Waals surface area (Å²) in [5, 5.41) is 0. The largest absolute Gasteiger partial charge is 0.246 e. The van der Waals surface area contributed by atoms with Crippen LogP contribution in [0.25, 0.3) is 12.2 Å². The highest BCUT2D eigenvalue weighted by Gasteiger charge is 1.90. The predicted octanol–water partition coefficient (Wildman–Crippen LogP) is 4.33. The smallest absolute Gasteiger partial charge is 0.115 e. The molecular weight excluding hydrogens is 199 g/mol. The molecule has 0 aliphatic carbocycles. The van der Waals surface area contributed by atoms with Gasteiger partial charge >= 0.3 is 0 Å². The summed E-state index contributed by atoms with van der Waals surface area (Å²) in [5.41, 5.74) is 2.97. The van der Waals surface area contributed by atoms with E-state index in [4.69, 9.17) is 0 Å². The molecule has 0 aromatic heterocycles. The molecule has 0 fully saturated rings. The maximum absolute atomic E-state index is 12.3. The summed E-state index contributed by atoms with van der Waals surface area (Å²) in [6, 6.07) is 17.6. The van der Waals surface area contributed by atoms with Crippen molar-refractivity contribution in [1.29, 1.82) is 0 Å². The van der Waals surface area contributed by atoms with Gasteiger partial charge in [-0.05, 0) is 16.7 Å². The van der Waals surface area contributed by atoms with Gasteiger partial charge in [0.15, 0.2) is 0 Å². The van der Waals surface area contributed by atoms with Gasteiger partial charge in [0.2, 0.25) is 0 Å². The minimum atomic E-state index is -0.400. The SMILES string of the molecule is FCc1ccc(/C=C\c2ccccc2)cc1. The van der Waals surface area contributed by atoms with Crippen molar-refractivity contribution in [2.24, 2.45) is 0 Å². The highest BCUT2D eigenvalue weighted by Crippen LogP contribution is 2.10. The molecule has 16 heavy (non-hydrogen) atoms. The van der Waals surface area contributed by atoms with Crippen LogP contribution in [-0.2, 0) is 6.67 Å². The van der Waals surface area contributed by atoms with Crippen LogP contribution in [-0.4, -0.2) is 0 Å². The van der Waals surface area contributed by atoms with E-state index in [0.717, 1.165) is 16.7 Å². The summed E-state index contributed by atoms with van der Waals surface area (Å²) in [4.78, 5) is 0. The molecule has 0 N–H and O–H groups in total. The van der Waals surface area contributed by atoms with Crippen LogP contribution >= 0.6 is 0 Å².